The minimum Gasteiger partial charge on any atom is -0.480 e. The summed E-state index contributed by atoms with van der Waals surface area (Å²) in [5.41, 5.74) is 12.2. The number of carbonyl (C=O) groups excluding carboxylic acids is 4. The fourth-order valence-electron chi connectivity index (χ4n) is 3.49. The molecule has 4 amide bonds. The summed E-state index contributed by atoms with van der Waals surface area (Å²) in [6.45, 7) is 4.75. The summed E-state index contributed by atoms with van der Waals surface area (Å²) < 4.78 is 0. The van der Waals surface area contributed by atoms with Gasteiger partial charge in [0.05, 0.1) is 12.5 Å². The van der Waals surface area contributed by atoms with Gasteiger partial charge in [-0.15, -0.1) is 0 Å². The molecule has 0 saturated carbocycles. The van der Waals surface area contributed by atoms with E-state index >= 15 is 0 Å². The Morgan fingerprint density at radius 2 is 1.63 bits per heavy atom. The molecule has 12 heteroatoms. The number of carboxylic acid groups (broad SMARTS) is 1. The predicted octanol–water partition coefficient (Wildman–Crippen LogP) is -0.872. The van der Waals surface area contributed by atoms with E-state index in [1.807, 2.05) is 24.3 Å². The fraction of sp³-hybridized carbons (Fsp3) is 0.435. The van der Waals surface area contributed by atoms with Crippen molar-refractivity contribution < 1.29 is 29.1 Å². The molecule has 1 aromatic heterocycles. The molecule has 0 radical (unpaired) electrons. The van der Waals surface area contributed by atoms with Gasteiger partial charge in [0.1, 0.15) is 18.1 Å². The van der Waals surface area contributed by atoms with E-state index in [1.54, 1.807) is 20.0 Å². The maximum atomic E-state index is 12.7. The lowest BCUT2D eigenvalue weighted by atomic mass is 10.0. The largest absolute Gasteiger partial charge is 0.480 e. The molecule has 9 N–H and O–H groups in total. The fourth-order valence-corrected chi connectivity index (χ4v) is 3.49. The van der Waals surface area contributed by atoms with E-state index in [9.17, 15) is 29.1 Å². The third-order valence-corrected chi connectivity index (χ3v) is 5.47. The van der Waals surface area contributed by atoms with Crippen molar-refractivity contribution in [3.05, 3.63) is 36.0 Å². The van der Waals surface area contributed by atoms with Gasteiger partial charge in [-0.25, -0.2) is 4.79 Å². The molecular formula is C23H32N6O6. The first kappa shape index (κ1) is 27.3. The summed E-state index contributed by atoms with van der Waals surface area (Å²) in [6.07, 6.45) is 1.34. The number of fused-ring (bicyclic) bond motifs is 1. The Labute approximate surface area is 202 Å². The van der Waals surface area contributed by atoms with Crippen molar-refractivity contribution in [2.75, 3.05) is 0 Å². The van der Waals surface area contributed by atoms with Gasteiger partial charge in [0.25, 0.3) is 0 Å². The Balaban J connectivity index is 2.02. The Bertz CT molecular complexity index is 1100. The normalized spacial score (nSPS) is 14.5. The van der Waals surface area contributed by atoms with E-state index in [4.69, 9.17) is 11.5 Å². The van der Waals surface area contributed by atoms with E-state index in [-0.39, 0.29) is 18.8 Å². The van der Waals surface area contributed by atoms with Crippen LogP contribution in [0.1, 0.15) is 32.8 Å². The van der Waals surface area contributed by atoms with Crippen LogP contribution >= 0.6 is 0 Å². The lowest BCUT2D eigenvalue weighted by molar-refractivity contribution is -0.142. The summed E-state index contributed by atoms with van der Waals surface area (Å²) in [6, 6.07) is 2.80. The lowest BCUT2D eigenvalue weighted by Crippen LogP contribution is -2.58. The maximum Gasteiger partial charge on any atom is 0.326 e. The minimum absolute atomic E-state index is 0.0359. The van der Waals surface area contributed by atoms with Crippen LogP contribution < -0.4 is 27.4 Å². The Morgan fingerprint density at radius 3 is 2.23 bits per heavy atom. The second kappa shape index (κ2) is 12.0. The number of nitrogens with two attached hydrogens (primary N) is 2. The second-order valence-corrected chi connectivity index (χ2v) is 8.70. The molecule has 4 atom stereocenters. The van der Waals surface area contributed by atoms with Crippen LogP contribution in [-0.2, 0) is 30.4 Å². The first-order valence-corrected chi connectivity index (χ1v) is 11.1. The molecule has 0 aliphatic carbocycles. The van der Waals surface area contributed by atoms with Crippen LogP contribution in [-0.4, -0.2) is 63.9 Å². The number of nitrogens with one attached hydrogen (secondary N) is 4. The zero-order valence-electron chi connectivity index (χ0n) is 19.8. The van der Waals surface area contributed by atoms with E-state index < -0.39 is 53.8 Å². The molecule has 0 aliphatic rings. The Hall–Kier alpha value is -3.93. The smallest absolute Gasteiger partial charge is 0.326 e. The van der Waals surface area contributed by atoms with E-state index in [1.165, 1.54) is 6.92 Å². The molecule has 0 saturated heterocycles. The van der Waals surface area contributed by atoms with Gasteiger partial charge in [-0.2, -0.15) is 0 Å². The first-order valence-electron chi connectivity index (χ1n) is 11.1. The average molecular weight is 489 g/mol. The molecule has 2 aromatic rings. The molecule has 0 aliphatic heterocycles. The van der Waals surface area contributed by atoms with E-state index in [2.05, 4.69) is 20.9 Å². The van der Waals surface area contributed by atoms with E-state index in [0.717, 1.165) is 16.5 Å². The van der Waals surface area contributed by atoms with Gasteiger partial charge < -0.3 is 37.5 Å². The van der Waals surface area contributed by atoms with Crippen LogP contribution in [0, 0.1) is 5.92 Å². The summed E-state index contributed by atoms with van der Waals surface area (Å²) in [5.74, 6) is -4.46. The molecule has 0 fully saturated rings. The third kappa shape index (κ3) is 7.54. The van der Waals surface area contributed by atoms with Crippen molar-refractivity contribution in [2.45, 2.75) is 57.8 Å². The van der Waals surface area contributed by atoms with Gasteiger partial charge in [0.15, 0.2) is 0 Å². The van der Waals surface area contributed by atoms with Gasteiger partial charge in [-0.05, 0) is 24.5 Å². The molecule has 190 valence electrons. The van der Waals surface area contributed by atoms with Crippen molar-refractivity contribution in [1.29, 1.82) is 0 Å². The van der Waals surface area contributed by atoms with Gasteiger partial charge >= 0.3 is 5.97 Å². The van der Waals surface area contributed by atoms with Crippen LogP contribution in [0.2, 0.25) is 0 Å². The highest BCUT2D eigenvalue weighted by Gasteiger charge is 2.30. The zero-order valence-corrected chi connectivity index (χ0v) is 19.8. The maximum absolute atomic E-state index is 12.7. The number of H-pyrrole nitrogens is 1. The average Bonchev–Trinajstić information content (AvgIpc) is 3.18. The zero-order chi connectivity index (χ0) is 26.3. The van der Waals surface area contributed by atoms with Crippen molar-refractivity contribution in [3.8, 4) is 0 Å². The van der Waals surface area contributed by atoms with Crippen LogP contribution in [0.15, 0.2) is 30.5 Å². The van der Waals surface area contributed by atoms with Crippen LogP contribution in [0.5, 0.6) is 0 Å². The predicted molar refractivity (Wildman–Crippen MR) is 128 cm³/mol. The number of amides is 4. The molecule has 1 aromatic carbocycles. The molecule has 0 spiro atoms. The number of aromatic amines is 1. The quantitative estimate of drug-likeness (QED) is 0.200. The number of hydrogen-bond acceptors (Lipinski definition) is 6. The Kier molecular flexibility index (Phi) is 9.34. The van der Waals surface area contributed by atoms with Crippen LogP contribution in [0.25, 0.3) is 10.9 Å². The van der Waals surface area contributed by atoms with Gasteiger partial charge in [0.2, 0.25) is 23.6 Å². The van der Waals surface area contributed by atoms with Crippen LogP contribution in [0.3, 0.4) is 0 Å². The summed E-state index contributed by atoms with van der Waals surface area (Å²) >= 11 is 0. The summed E-state index contributed by atoms with van der Waals surface area (Å²) in [7, 11) is 0. The SMILES string of the molecule is CC(NC(=O)C(NC(=O)C(N)CC(N)=O)C(C)C)C(=O)NC(Cc1c[nH]c2ccccc12)C(=O)O. The number of aliphatic carboxylic acids is 1. The highest BCUT2D eigenvalue weighted by atomic mass is 16.4. The van der Waals surface area contributed by atoms with Crippen molar-refractivity contribution in [1.82, 2.24) is 20.9 Å². The summed E-state index contributed by atoms with van der Waals surface area (Å²) in [5, 5.41) is 17.9. The molecule has 35 heavy (non-hydrogen) atoms. The number of carbonyl (C=O) groups is 5. The Morgan fingerprint density at radius 1 is 0.971 bits per heavy atom. The van der Waals surface area contributed by atoms with Gasteiger partial charge in [0, 0.05) is 23.5 Å². The highest BCUT2D eigenvalue weighted by Crippen LogP contribution is 2.19. The lowest BCUT2D eigenvalue weighted by Gasteiger charge is -2.25. The molecule has 4 unspecified atom stereocenters. The number of hydrogen-bond donors (Lipinski definition) is 7. The third-order valence-electron chi connectivity index (χ3n) is 5.47. The van der Waals surface area contributed by atoms with Crippen molar-refractivity contribution in [2.24, 2.45) is 17.4 Å². The monoisotopic (exact) mass is 488 g/mol. The number of para-hydroxylation sites is 1. The topological polar surface area (TPSA) is 209 Å². The molecule has 12 nitrogen and oxygen atoms in total. The van der Waals surface area contributed by atoms with Crippen molar-refractivity contribution in [3.63, 3.8) is 0 Å². The standard InChI is InChI=1S/C23H32N6O6/c1-11(2)19(29-21(32)15(24)9-18(25)30)22(33)27-12(3)20(31)28-17(23(34)35)8-13-10-26-16-7-5-4-6-14(13)16/h4-7,10-12,15,17,19,26H,8-9,24H2,1-3H3,(H2,25,30)(H,27,33)(H,28,31)(H,29,32)(H,34,35). The molecular weight excluding hydrogens is 456 g/mol. The first-order chi connectivity index (χ1) is 16.4. The van der Waals surface area contributed by atoms with Gasteiger partial charge in [-0.3, -0.25) is 19.2 Å². The minimum atomic E-state index is -1.23. The number of carboxylic acids is 1. The van der Waals surface area contributed by atoms with Gasteiger partial charge in [-0.1, -0.05) is 32.0 Å². The molecule has 1 heterocycles. The van der Waals surface area contributed by atoms with E-state index in [0.29, 0.717) is 0 Å². The summed E-state index contributed by atoms with van der Waals surface area (Å²) in [4.78, 5) is 63.5. The number of benzene rings is 1. The molecule has 2 rings (SSSR count). The number of aromatic nitrogens is 1. The number of rotatable bonds is 12. The van der Waals surface area contributed by atoms with Crippen LogP contribution in [0.4, 0.5) is 0 Å². The number of primary amides is 1. The van der Waals surface area contributed by atoms with Crippen molar-refractivity contribution >= 4 is 40.5 Å². The second-order valence-electron chi connectivity index (χ2n) is 8.70. The highest BCUT2D eigenvalue weighted by molar-refractivity contribution is 5.95. The molecule has 0 bridgehead atoms.